The van der Waals surface area contributed by atoms with Gasteiger partial charge in [0.25, 0.3) is 0 Å². The van der Waals surface area contributed by atoms with Gasteiger partial charge in [0, 0.05) is 18.3 Å². The lowest BCUT2D eigenvalue weighted by Crippen LogP contribution is -2.32. The molecule has 0 aliphatic rings. The minimum Gasteiger partial charge on any atom is -0.492 e. The average Bonchev–Trinajstić information content (AvgIpc) is 2.33. The minimum atomic E-state index is 0.560. The fraction of sp³-hybridized carbons (Fsp3) is 0.538. The number of nitrogens with one attached hydrogen (secondary N) is 1. The lowest BCUT2D eigenvalue weighted by molar-refractivity contribution is 0.309. The number of hydrogen-bond acceptors (Lipinski definition) is 3. The molecule has 3 heteroatoms. The molecule has 1 atom stereocenters. The maximum absolute atomic E-state index is 5.59. The Morgan fingerprint density at radius 2 is 2.06 bits per heavy atom. The molecular weight excluding hydrogens is 218 g/mol. The molecule has 0 radical (unpaired) electrons. The molecule has 0 saturated heterocycles. The Labute approximate surface area is 103 Å². The van der Waals surface area contributed by atoms with Crippen LogP contribution in [0, 0.1) is 0 Å². The molecule has 2 nitrogen and oxygen atoms in total. The molecule has 0 spiro atoms. The number of rotatable bonds is 8. The summed E-state index contributed by atoms with van der Waals surface area (Å²) in [5, 5.41) is 3.44. The summed E-state index contributed by atoms with van der Waals surface area (Å²) in [6.07, 6.45) is 0. The Balaban J connectivity index is 2.03. The molecular formula is C13H21NOS. The van der Waals surface area contributed by atoms with Gasteiger partial charge in [0.15, 0.2) is 0 Å². The van der Waals surface area contributed by atoms with Gasteiger partial charge in [0.2, 0.25) is 0 Å². The Kier molecular flexibility index (Phi) is 7.10. The molecule has 16 heavy (non-hydrogen) atoms. The summed E-state index contributed by atoms with van der Waals surface area (Å²) in [6, 6.07) is 10.5. The van der Waals surface area contributed by atoms with Crippen LogP contribution in [0.25, 0.3) is 0 Å². The summed E-state index contributed by atoms with van der Waals surface area (Å²) >= 11 is 1.97. The molecule has 0 bridgehead atoms. The van der Waals surface area contributed by atoms with Crippen LogP contribution < -0.4 is 10.1 Å². The monoisotopic (exact) mass is 239 g/mol. The van der Waals surface area contributed by atoms with Crippen molar-refractivity contribution in [1.82, 2.24) is 5.32 Å². The number of para-hydroxylation sites is 1. The molecule has 0 aliphatic heterocycles. The number of ether oxygens (including phenoxy) is 1. The molecule has 1 N–H and O–H groups in total. The molecule has 1 unspecified atom stereocenters. The number of hydrogen-bond donors (Lipinski definition) is 1. The van der Waals surface area contributed by atoms with E-state index in [-0.39, 0.29) is 0 Å². The lowest BCUT2D eigenvalue weighted by Gasteiger charge is -2.13. The van der Waals surface area contributed by atoms with Crippen molar-refractivity contribution in [2.75, 3.05) is 24.7 Å². The normalized spacial score (nSPS) is 12.4. The molecule has 1 rings (SSSR count). The van der Waals surface area contributed by atoms with E-state index in [0.29, 0.717) is 6.04 Å². The van der Waals surface area contributed by atoms with E-state index in [0.717, 1.165) is 18.9 Å². The van der Waals surface area contributed by atoms with Crippen LogP contribution in [-0.2, 0) is 0 Å². The zero-order valence-corrected chi connectivity index (χ0v) is 10.9. The summed E-state index contributed by atoms with van der Waals surface area (Å²) in [7, 11) is 0. The lowest BCUT2D eigenvalue weighted by atomic mass is 10.3. The van der Waals surface area contributed by atoms with Crippen molar-refractivity contribution in [2.24, 2.45) is 0 Å². The predicted octanol–water partition coefficient (Wildman–Crippen LogP) is 2.80. The molecule has 0 aromatic heterocycles. The highest BCUT2D eigenvalue weighted by molar-refractivity contribution is 7.99. The van der Waals surface area contributed by atoms with Gasteiger partial charge >= 0.3 is 0 Å². The maximum atomic E-state index is 5.59. The van der Waals surface area contributed by atoms with E-state index in [1.807, 2.05) is 42.1 Å². The maximum Gasteiger partial charge on any atom is 0.119 e. The highest BCUT2D eigenvalue weighted by Crippen LogP contribution is 2.07. The van der Waals surface area contributed by atoms with Gasteiger partial charge in [-0.1, -0.05) is 25.1 Å². The van der Waals surface area contributed by atoms with Gasteiger partial charge in [-0.15, -0.1) is 0 Å². The Hall–Kier alpha value is -0.670. The number of benzene rings is 1. The molecule has 0 aliphatic carbocycles. The first kappa shape index (κ1) is 13.4. The molecule has 0 saturated carbocycles. The fourth-order valence-corrected chi connectivity index (χ4v) is 2.05. The summed E-state index contributed by atoms with van der Waals surface area (Å²) in [5.41, 5.74) is 0. The smallest absolute Gasteiger partial charge is 0.119 e. The predicted molar refractivity (Wildman–Crippen MR) is 72.4 cm³/mol. The SMILES string of the molecule is CCSCC(C)NCCOc1ccccc1. The van der Waals surface area contributed by atoms with Gasteiger partial charge in [-0.25, -0.2) is 0 Å². The summed E-state index contributed by atoms with van der Waals surface area (Å²) in [4.78, 5) is 0. The van der Waals surface area contributed by atoms with Crippen molar-refractivity contribution < 1.29 is 4.74 Å². The van der Waals surface area contributed by atoms with E-state index in [9.17, 15) is 0 Å². The largest absolute Gasteiger partial charge is 0.492 e. The third-order valence-electron chi connectivity index (χ3n) is 2.18. The number of thioether (sulfide) groups is 1. The second kappa shape index (κ2) is 8.48. The van der Waals surface area contributed by atoms with E-state index in [4.69, 9.17) is 4.74 Å². The average molecular weight is 239 g/mol. The molecule has 0 fully saturated rings. The molecule has 1 aromatic carbocycles. The van der Waals surface area contributed by atoms with Gasteiger partial charge in [-0.05, 0) is 24.8 Å². The highest BCUT2D eigenvalue weighted by atomic mass is 32.2. The van der Waals surface area contributed by atoms with Crippen molar-refractivity contribution in [1.29, 1.82) is 0 Å². The zero-order chi connectivity index (χ0) is 11.6. The first-order chi connectivity index (χ1) is 7.83. The second-order valence-corrected chi connectivity index (χ2v) is 5.00. The molecule has 1 aromatic rings. The van der Waals surface area contributed by atoms with Crippen molar-refractivity contribution >= 4 is 11.8 Å². The first-order valence-corrected chi connectivity index (χ1v) is 6.97. The van der Waals surface area contributed by atoms with E-state index in [1.165, 1.54) is 11.5 Å². The highest BCUT2D eigenvalue weighted by Gasteiger charge is 1.99. The van der Waals surface area contributed by atoms with E-state index >= 15 is 0 Å². The Morgan fingerprint density at radius 1 is 1.31 bits per heavy atom. The van der Waals surface area contributed by atoms with Crippen molar-refractivity contribution in [3.05, 3.63) is 30.3 Å². The third-order valence-corrected chi connectivity index (χ3v) is 3.32. The van der Waals surface area contributed by atoms with Crippen LogP contribution in [0.2, 0.25) is 0 Å². The van der Waals surface area contributed by atoms with Crippen LogP contribution in [0.3, 0.4) is 0 Å². The van der Waals surface area contributed by atoms with Crippen molar-refractivity contribution in [3.63, 3.8) is 0 Å². The Bertz CT molecular complexity index is 266. The van der Waals surface area contributed by atoms with Gasteiger partial charge in [-0.2, -0.15) is 11.8 Å². The van der Waals surface area contributed by atoms with E-state index in [1.54, 1.807) is 0 Å². The van der Waals surface area contributed by atoms with Gasteiger partial charge in [-0.3, -0.25) is 0 Å². The van der Waals surface area contributed by atoms with Crippen molar-refractivity contribution in [3.8, 4) is 5.75 Å². The second-order valence-electron chi connectivity index (χ2n) is 3.68. The molecule has 0 amide bonds. The van der Waals surface area contributed by atoms with Crippen molar-refractivity contribution in [2.45, 2.75) is 19.9 Å². The van der Waals surface area contributed by atoms with Crippen LogP contribution in [0.15, 0.2) is 30.3 Å². The summed E-state index contributed by atoms with van der Waals surface area (Å²) in [5.74, 6) is 3.30. The fourth-order valence-electron chi connectivity index (χ4n) is 1.34. The third kappa shape index (κ3) is 6.03. The van der Waals surface area contributed by atoms with Gasteiger partial charge < -0.3 is 10.1 Å². The molecule has 90 valence electrons. The van der Waals surface area contributed by atoms with Crippen LogP contribution in [0.5, 0.6) is 5.75 Å². The van der Waals surface area contributed by atoms with Crippen LogP contribution in [0.1, 0.15) is 13.8 Å². The van der Waals surface area contributed by atoms with Crippen LogP contribution in [0.4, 0.5) is 0 Å². The summed E-state index contributed by atoms with van der Waals surface area (Å²) in [6.45, 7) is 6.03. The van der Waals surface area contributed by atoms with Gasteiger partial charge in [0.1, 0.15) is 12.4 Å². The van der Waals surface area contributed by atoms with Gasteiger partial charge in [0.05, 0.1) is 0 Å². The quantitative estimate of drug-likeness (QED) is 0.705. The van der Waals surface area contributed by atoms with E-state index < -0.39 is 0 Å². The van der Waals surface area contributed by atoms with Crippen LogP contribution >= 0.6 is 11.8 Å². The summed E-state index contributed by atoms with van der Waals surface area (Å²) < 4.78 is 5.59. The first-order valence-electron chi connectivity index (χ1n) is 5.82. The standard InChI is InChI=1S/C13H21NOS/c1-3-16-11-12(2)14-9-10-15-13-7-5-4-6-8-13/h4-8,12,14H,3,9-11H2,1-2H3. The van der Waals surface area contributed by atoms with E-state index in [2.05, 4.69) is 19.2 Å². The molecule has 0 heterocycles. The zero-order valence-electron chi connectivity index (χ0n) is 10.1. The Morgan fingerprint density at radius 3 is 2.75 bits per heavy atom. The van der Waals surface area contributed by atoms with Crippen LogP contribution in [-0.4, -0.2) is 30.7 Å². The minimum absolute atomic E-state index is 0.560. The topological polar surface area (TPSA) is 21.3 Å².